The summed E-state index contributed by atoms with van der Waals surface area (Å²) in [7, 11) is 0. The van der Waals surface area contributed by atoms with Crippen molar-refractivity contribution in [1.82, 2.24) is 30.1 Å². The van der Waals surface area contributed by atoms with Crippen LogP contribution >= 0.6 is 12.4 Å². The maximum atomic E-state index is 12.3. The first-order valence-corrected chi connectivity index (χ1v) is 9.21. The molecule has 4 N–H and O–H groups in total. The number of aromatic amines is 1. The van der Waals surface area contributed by atoms with Gasteiger partial charge in [-0.25, -0.2) is 4.52 Å². The van der Waals surface area contributed by atoms with Gasteiger partial charge >= 0.3 is 0 Å². The maximum Gasteiger partial charge on any atom is 0.263 e. The Labute approximate surface area is 171 Å². The van der Waals surface area contributed by atoms with E-state index in [1.54, 1.807) is 28.9 Å². The molecule has 0 unspecified atom stereocenters. The van der Waals surface area contributed by atoms with E-state index in [1.807, 2.05) is 12.1 Å². The summed E-state index contributed by atoms with van der Waals surface area (Å²) in [6.07, 6.45) is 3.58. The second-order valence-corrected chi connectivity index (χ2v) is 6.95. The van der Waals surface area contributed by atoms with Gasteiger partial charge in [-0.05, 0) is 38.1 Å². The maximum absolute atomic E-state index is 12.3. The number of nitrogens with two attached hydrogens (primary N) is 1. The van der Waals surface area contributed by atoms with E-state index in [4.69, 9.17) is 10.3 Å². The molecule has 0 aliphatic carbocycles. The van der Waals surface area contributed by atoms with Crippen molar-refractivity contribution in [2.45, 2.75) is 18.8 Å². The van der Waals surface area contributed by atoms with Gasteiger partial charge in [0.2, 0.25) is 5.82 Å². The molecule has 10 heteroatoms. The zero-order valence-electron chi connectivity index (χ0n) is 15.5. The minimum Gasteiger partial charge on any atom is -0.399 e. The normalized spacial score (nSPS) is 14.8. The van der Waals surface area contributed by atoms with Gasteiger partial charge in [0.25, 0.3) is 11.4 Å². The van der Waals surface area contributed by atoms with Gasteiger partial charge in [0.05, 0.1) is 11.9 Å². The van der Waals surface area contributed by atoms with Gasteiger partial charge in [0.15, 0.2) is 0 Å². The first-order chi connectivity index (χ1) is 13.7. The van der Waals surface area contributed by atoms with Crippen LogP contribution in [-0.2, 0) is 0 Å². The molecule has 0 atom stereocenters. The van der Waals surface area contributed by atoms with Crippen molar-refractivity contribution in [3.63, 3.8) is 0 Å². The molecule has 150 valence electrons. The van der Waals surface area contributed by atoms with Crippen LogP contribution in [0.5, 0.6) is 0 Å². The SMILES string of the molecule is Cl.Nc1cccc(-c2noc(-c3cnn4c(C5CCNCC5)cc(=O)[nH]c34)n2)c1. The molecule has 4 aromatic rings. The number of halogens is 1. The number of piperidine rings is 1. The van der Waals surface area contributed by atoms with E-state index in [0.29, 0.717) is 28.6 Å². The van der Waals surface area contributed by atoms with E-state index in [2.05, 4.69) is 25.5 Å². The molecule has 0 bridgehead atoms. The van der Waals surface area contributed by atoms with Crippen molar-refractivity contribution in [3.05, 3.63) is 52.6 Å². The Bertz CT molecular complexity index is 1210. The molecule has 4 heterocycles. The molecule has 1 fully saturated rings. The Hall–Kier alpha value is -3.17. The Morgan fingerprint density at radius 1 is 1.21 bits per heavy atom. The third-order valence-electron chi connectivity index (χ3n) is 5.09. The Morgan fingerprint density at radius 3 is 2.83 bits per heavy atom. The molecule has 1 saturated heterocycles. The van der Waals surface area contributed by atoms with Crippen LogP contribution in [0.2, 0.25) is 0 Å². The molecule has 1 aliphatic heterocycles. The minimum absolute atomic E-state index is 0. The average Bonchev–Trinajstić information content (AvgIpc) is 3.35. The lowest BCUT2D eigenvalue weighted by Gasteiger charge is -2.23. The van der Waals surface area contributed by atoms with Crippen molar-refractivity contribution < 1.29 is 4.52 Å². The summed E-state index contributed by atoms with van der Waals surface area (Å²) in [5.41, 5.74) is 9.10. The van der Waals surface area contributed by atoms with Crippen molar-refractivity contribution in [3.8, 4) is 22.8 Å². The van der Waals surface area contributed by atoms with Crippen LogP contribution in [0.1, 0.15) is 24.5 Å². The Kier molecular flexibility index (Phi) is 5.08. The summed E-state index contributed by atoms with van der Waals surface area (Å²) >= 11 is 0. The quantitative estimate of drug-likeness (QED) is 0.439. The lowest BCUT2D eigenvalue weighted by atomic mass is 9.94. The number of aromatic nitrogens is 5. The molecule has 0 spiro atoms. The van der Waals surface area contributed by atoms with Crippen LogP contribution in [0.25, 0.3) is 28.5 Å². The first kappa shape index (κ1) is 19.2. The third-order valence-corrected chi connectivity index (χ3v) is 5.09. The highest BCUT2D eigenvalue weighted by molar-refractivity contribution is 5.85. The van der Waals surface area contributed by atoms with E-state index in [0.717, 1.165) is 37.2 Å². The predicted molar refractivity (Wildman–Crippen MR) is 111 cm³/mol. The number of anilines is 1. The zero-order chi connectivity index (χ0) is 19.1. The molecule has 3 aromatic heterocycles. The van der Waals surface area contributed by atoms with E-state index in [-0.39, 0.29) is 23.9 Å². The molecule has 1 aromatic carbocycles. The summed E-state index contributed by atoms with van der Waals surface area (Å²) in [4.78, 5) is 19.6. The fourth-order valence-electron chi connectivity index (χ4n) is 3.71. The van der Waals surface area contributed by atoms with Crippen molar-refractivity contribution in [2.75, 3.05) is 18.8 Å². The van der Waals surface area contributed by atoms with Gasteiger partial charge in [-0.1, -0.05) is 17.3 Å². The van der Waals surface area contributed by atoms with Crippen LogP contribution in [0.4, 0.5) is 5.69 Å². The van der Waals surface area contributed by atoms with Gasteiger partial charge in [-0.3, -0.25) is 4.79 Å². The summed E-state index contributed by atoms with van der Waals surface area (Å²) in [5, 5.41) is 11.9. The first-order valence-electron chi connectivity index (χ1n) is 9.21. The second kappa shape index (κ2) is 7.69. The number of nitrogens with one attached hydrogen (secondary N) is 2. The average molecular weight is 414 g/mol. The van der Waals surface area contributed by atoms with Crippen LogP contribution < -0.4 is 16.6 Å². The number of rotatable bonds is 3. The van der Waals surface area contributed by atoms with Crippen LogP contribution in [0.3, 0.4) is 0 Å². The third kappa shape index (κ3) is 3.50. The van der Waals surface area contributed by atoms with Gasteiger partial charge < -0.3 is 20.6 Å². The van der Waals surface area contributed by atoms with E-state index < -0.39 is 0 Å². The Morgan fingerprint density at radius 2 is 2.03 bits per heavy atom. The number of hydrogen-bond donors (Lipinski definition) is 3. The summed E-state index contributed by atoms with van der Waals surface area (Å²) in [6, 6.07) is 8.90. The number of hydrogen-bond acceptors (Lipinski definition) is 7. The fraction of sp³-hybridized carbons (Fsp3) is 0.263. The predicted octanol–water partition coefficient (Wildman–Crippen LogP) is 2.21. The van der Waals surface area contributed by atoms with Gasteiger partial charge in [0, 0.05) is 23.2 Å². The smallest absolute Gasteiger partial charge is 0.263 e. The molecule has 0 amide bonds. The van der Waals surface area contributed by atoms with Gasteiger partial charge in [-0.15, -0.1) is 12.4 Å². The Balaban J connectivity index is 0.00000205. The largest absolute Gasteiger partial charge is 0.399 e. The highest BCUT2D eigenvalue weighted by Crippen LogP contribution is 2.29. The number of nitrogens with zero attached hydrogens (tertiary/aromatic N) is 4. The molecule has 1 aliphatic rings. The number of H-pyrrole nitrogens is 1. The minimum atomic E-state index is -0.168. The highest BCUT2D eigenvalue weighted by atomic mass is 35.5. The molecule has 5 rings (SSSR count). The topological polar surface area (TPSA) is 127 Å². The molecular weight excluding hydrogens is 394 g/mol. The lowest BCUT2D eigenvalue weighted by molar-refractivity contribution is 0.432. The zero-order valence-corrected chi connectivity index (χ0v) is 16.3. The summed E-state index contributed by atoms with van der Waals surface area (Å²) < 4.78 is 7.22. The van der Waals surface area contributed by atoms with E-state index in [9.17, 15) is 4.79 Å². The van der Waals surface area contributed by atoms with Crippen molar-refractivity contribution in [2.24, 2.45) is 0 Å². The molecular formula is C19H20ClN7O2. The standard InChI is InChI=1S/C19H19N7O2.ClH/c20-13-3-1-2-12(8-13)17-24-19(28-25-17)14-10-22-26-15(9-16(27)23-18(14)26)11-4-6-21-7-5-11;/h1-3,8-11,21H,4-7,20H2,(H,23,27);1H. The highest BCUT2D eigenvalue weighted by Gasteiger charge is 2.22. The van der Waals surface area contributed by atoms with Crippen LogP contribution in [0, 0.1) is 0 Å². The van der Waals surface area contributed by atoms with Crippen molar-refractivity contribution in [1.29, 1.82) is 0 Å². The lowest BCUT2D eigenvalue weighted by Crippen LogP contribution is -2.28. The second-order valence-electron chi connectivity index (χ2n) is 6.95. The van der Waals surface area contributed by atoms with E-state index >= 15 is 0 Å². The number of fused-ring (bicyclic) bond motifs is 1. The molecule has 29 heavy (non-hydrogen) atoms. The fourth-order valence-corrected chi connectivity index (χ4v) is 3.71. The van der Waals surface area contributed by atoms with Gasteiger partial charge in [-0.2, -0.15) is 10.1 Å². The molecule has 0 radical (unpaired) electrons. The van der Waals surface area contributed by atoms with Crippen LogP contribution in [0.15, 0.2) is 45.8 Å². The summed E-state index contributed by atoms with van der Waals surface area (Å²) in [6.45, 7) is 1.86. The van der Waals surface area contributed by atoms with Crippen molar-refractivity contribution >= 4 is 23.7 Å². The number of nitrogen functional groups attached to an aromatic ring is 1. The van der Waals surface area contributed by atoms with E-state index in [1.165, 1.54) is 0 Å². The summed E-state index contributed by atoms with van der Waals surface area (Å²) in [5.74, 6) is 1.01. The molecule has 9 nitrogen and oxygen atoms in total. The van der Waals surface area contributed by atoms with Gasteiger partial charge in [0.1, 0.15) is 11.2 Å². The number of benzene rings is 1. The molecule has 0 saturated carbocycles. The monoisotopic (exact) mass is 413 g/mol. The van der Waals surface area contributed by atoms with Crippen LogP contribution in [-0.4, -0.2) is 37.8 Å².